The highest BCUT2D eigenvalue weighted by Gasteiger charge is 2.16. The molecular formula is C70H47NO. The smallest absolute Gasteiger partial charge is 0.135 e. The fourth-order valence-electron chi connectivity index (χ4n) is 10.3. The average Bonchev–Trinajstić information content (AvgIpc) is 3.84. The van der Waals surface area contributed by atoms with Gasteiger partial charge in [-0.3, -0.25) is 0 Å². The third kappa shape index (κ3) is 8.31. The lowest BCUT2D eigenvalue weighted by Crippen LogP contribution is -2.09. The van der Waals surface area contributed by atoms with Gasteiger partial charge in [-0.25, -0.2) is 0 Å². The maximum Gasteiger partial charge on any atom is 0.135 e. The lowest BCUT2D eigenvalue weighted by Gasteiger charge is -2.26. The SMILES string of the molecule is c1ccc(-c2cc(-c3ccccc3)cc(-c3ccc(N(c4ccc(-c5ccc(-c6cccc(-c7ccc8ccccc8c7)c6)cc5)cc4)c4ccc(-c5ccc6oc7ccccc7c6c5)cc4)cc3)c2)cc1. The first-order valence-corrected chi connectivity index (χ1v) is 24.6. The van der Waals surface area contributed by atoms with Crippen molar-refractivity contribution in [1.82, 2.24) is 0 Å². The van der Waals surface area contributed by atoms with E-state index in [4.69, 9.17) is 4.42 Å². The summed E-state index contributed by atoms with van der Waals surface area (Å²) in [6.07, 6.45) is 0. The van der Waals surface area contributed by atoms with Crippen LogP contribution in [0.2, 0.25) is 0 Å². The molecule has 0 atom stereocenters. The second-order valence-electron chi connectivity index (χ2n) is 18.5. The summed E-state index contributed by atoms with van der Waals surface area (Å²) < 4.78 is 6.16. The van der Waals surface area contributed by atoms with Gasteiger partial charge in [0.1, 0.15) is 11.2 Å². The lowest BCUT2D eigenvalue weighted by molar-refractivity contribution is 0.669. The number of nitrogens with zero attached hydrogens (tertiary/aromatic N) is 1. The molecule has 2 heteroatoms. The second kappa shape index (κ2) is 18.4. The Labute approximate surface area is 420 Å². The summed E-state index contributed by atoms with van der Waals surface area (Å²) >= 11 is 0. The predicted octanol–water partition coefficient (Wildman–Crippen LogP) is 19.9. The van der Waals surface area contributed by atoms with E-state index in [2.05, 4.69) is 278 Å². The molecule has 72 heavy (non-hydrogen) atoms. The highest BCUT2D eigenvalue weighted by Crippen LogP contribution is 2.40. The lowest BCUT2D eigenvalue weighted by atomic mass is 9.93. The fourth-order valence-corrected chi connectivity index (χ4v) is 10.3. The van der Waals surface area contributed by atoms with Crippen LogP contribution in [0.25, 0.3) is 111 Å². The Hall–Kier alpha value is -9.50. The number of hydrogen-bond acceptors (Lipinski definition) is 2. The van der Waals surface area contributed by atoms with Crippen LogP contribution in [0.1, 0.15) is 0 Å². The molecule has 2 nitrogen and oxygen atoms in total. The van der Waals surface area contributed by atoms with Crippen LogP contribution in [-0.4, -0.2) is 0 Å². The molecule has 0 aliphatic carbocycles. The first kappa shape index (κ1) is 42.6. The van der Waals surface area contributed by atoms with E-state index in [-0.39, 0.29) is 0 Å². The summed E-state index contributed by atoms with van der Waals surface area (Å²) in [5.74, 6) is 0. The molecule has 13 aromatic rings. The normalized spacial score (nSPS) is 11.3. The minimum absolute atomic E-state index is 0.899. The zero-order valence-corrected chi connectivity index (χ0v) is 39.5. The van der Waals surface area contributed by atoms with E-state index in [1.54, 1.807) is 0 Å². The van der Waals surface area contributed by atoms with Crippen LogP contribution in [0.4, 0.5) is 17.1 Å². The van der Waals surface area contributed by atoms with E-state index in [1.165, 1.54) is 66.4 Å². The van der Waals surface area contributed by atoms with Crippen LogP contribution in [0, 0.1) is 0 Å². The molecular weight excluding hydrogens is 871 g/mol. The first-order valence-electron chi connectivity index (χ1n) is 24.6. The van der Waals surface area contributed by atoms with Gasteiger partial charge in [0.25, 0.3) is 0 Å². The van der Waals surface area contributed by atoms with Crippen molar-refractivity contribution < 1.29 is 4.42 Å². The van der Waals surface area contributed by atoms with E-state index >= 15 is 0 Å². The number of furan rings is 1. The predicted molar refractivity (Wildman–Crippen MR) is 304 cm³/mol. The average molecular weight is 918 g/mol. The molecule has 0 N–H and O–H groups in total. The van der Waals surface area contributed by atoms with E-state index < -0.39 is 0 Å². The van der Waals surface area contributed by atoms with Gasteiger partial charge in [0.2, 0.25) is 0 Å². The quantitative estimate of drug-likeness (QED) is 0.136. The maximum absolute atomic E-state index is 6.16. The molecule has 0 aliphatic heterocycles. The molecule has 13 rings (SSSR count). The summed E-state index contributed by atoms with van der Waals surface area (Å²) in [6.45, 7) is 0. The first-order chi connectivity index (χ1) is 35.6. The zero-order chi connectivity index (χ0) is 47.8. The molecule has 0 saturated carbocycles. The standard InChI is InChI=1S/C70H47NO/c1-3-12-48(13-4-1)61-44-62(49-14-5-2-6-15-49)46-63(45-61)55-32-39-66(40-33-55)71(65-37-30-54(31-38-65)60-34-41-70-68(47-60)67-20-9-10-21-69(67)72-70)64-35-28-52(29-36-64)51-22-24-53(25-23-51)57-18-11-19-58(42-57)59-27-26-50-16-7-8-17-56(50)43-59/h1-47H. The molecule has 0 aliphatic rings. The van der Waals surface area contributed by atoms with E-state index in [0.717, 1.165) is 61.3 Å². The van der Waals surface area contributed by atoms with Gasteiger partial charge in [-0.05, 0) is 174 Å². The summed E-state index contributed by atoms with van der Waals surface area (Å²) in [4.78, 5) is 2.35. The Bertz CT molecular complexity index is 3980. The minimum Gasteiger partial charge on any atom is -0.456 e. The Morgan fingerprint density at radius 2 is 0.542 bits per heavy atom. The van der Waals surface area contributed by atoms with Crippen LogP contribution >= 0.6 is 0 Å². The van der Waals surface area contributed by atoms with E-state index in [1.807, 2.05) is 12.1 Å². The molecule has 0 radical (unpaired) electrons. The van der Waals surface area contributed by atoms with Crippen LogP contribution in [0.5, 0.6) is 0 Å². The van der Waals surface area contributed by atoms with Crippen LogP contribution in [0.3, 0.4) is 0 Å². The van der Waals surface area contributed by atoms with Crippen LogP contribution in [0.15, 0.2) is 290 Å². The molecule has 0 fully saturated rings. The van der Waals surface area contributed by atoms with Crippen molar-refractivity contribution in [3.63, 3.8) is 0 Å². The van der Waals surface area contributed by atoms with Gasteiger partial charge in [-0.1, -0.05) is 200 Å². The van der Waals surface area contributed by atoms with Crippen molar-refractivity contribution in [3.8, 4) is 77.9 Å². The number of fused-ring (bicyclic) bond motifs is 4. The van der Waals surface area contributed by atoms with Gasteiger partial charge in [0.15, 0.2) is 0 Å². The molecule has 0 bridgehead atoms. The van der Waals surface area contributed by atoms with Crippen molar-refractivity contribution >= 4 is 49.8 Å². The topological polar surface area (TPSA) is 16.4 Å². The highest BCUT2D eigenvalue weighted by atomic mass is 16.3. The monoisotopic (exact) mass is 917 g/mol. The fraction of sp³-hybridized carbons (Fsp3) is 0. The molecule has 0 saturated heterocycles. The van der Waals surface area contributed by atoms with Crippen molar-refractivity contribution in [2.45, 2.75) is 0 Å². The van der Waals surface area contributed by atoms with Gasteiger partial charge in [0.05, 0.1) is 0 Å². The number of anilines is 3. The van der Waals surface area contributed by atoms with Crippen LogP contribution in [-0.2, 0) is 0 Å². The van der Waals surface area contributed by atoms with Crippen molar-refractivity contribution in [2.75, 3.05) is 4.90 Å². The van der Waals surface area contributed by atoms with E-state index in [0.29, 0.717) is 0 Å². The summed E-state index contributed by atoms with van der Waals surface area (Å²) in [6, 6.07) is 103. The molecule has 0 unspecified atom stereocenters. The third-order valence-corrected chi connectivity index (χ3v) is 14.1. The molecule has 1 heterocycles. The van der Waals surface area contributed by atoms with Crippen molar-refractivity contribution in [2.24, 2.45) is 0 Å². The number of para-hydroxylation sites is 1. The van der Waals surface area contributed by atoms with Gasteiger partial charge in [0, 0.05) is 27.8 Å². The maximum atomic E-state index is 6.16. The van der Waals surface area contributed by atoms with Gasteiger partial charge < -0.3 is 9.32 Å². The van der Waals surface area contributed by atoms with Crippen LogP contribution < -0.4 is 4.90 Å². The summed E-state index contributed by atoms with van der Waals surface area (Å²) in [5.41, 5.74) is 21.6. The van der Waals surface area contributed by atoms with Crippen molar-refractivity contribution in [3.05, 3.63) is 285 Å². The Kier molecular flexibility index (Phi) is 10.9. The highest BCUT2D eigenvalue weighted by molar-refractivity contribution is 6.06. The van der Waals surface area contributed by atoms with E-state index in [9.17, 15) is 0 Å². The van der Waals surface area contributed by atoms with Gasteiger partial charge >= 0.3 is 0 Å². The summed E-state index contributed by atoms with van der Waals surface area (Å²) in [7, 11) is 0. The number of hydrogen-bond donors (Lipinski definition) is 0. The Morgan fingerprint density at radius 1 is 0.194 bits per heavy atom. The third-order valence-electron chi connectivity index (χ3n) is 14.1. The summed E-state index contributed by atoms with van der Waals surface area (Å²) in [5, 5.41) is 4.76. The van der Waals surface area contributed by atoms with Gasteiger partial charge in [-0.15, -0.1) is 0 Å². The zero-order valence-electron chi connectivity index (χ0n) is 39.5. The number of benzene rings is 12. The number of rotatable bonds is 10. The second-order valence-corrected chi connectivity index (χ2v) is 18.5. The largest absolute Gasteiger partial charge is 0.456 e. The molecule has 1 aromatic heterocycles. The molecule has 0 amide bonds. The minimum atomic E-state index is 0.899. The molecule has 0 spiro atoms. The Morgan fingerprint density at radius 3 is 1.11 bits per heavy atom. The molecule has 338 valence electrons. The Balaban J connectivity index is 0.831. The molecule has 12 aromatic carbocycles. The van der Waals surface area contributed by atoms with Gasteiger partial charge in [-0.2, -0.15) is 0 Å². The van der Waals surface area contributed by atoms with Crippen molar-refractivity contribution in [1.29, 1.82) is 0 Å².